The van der Waals surface area contributed by atoms with Crippen LogP contribution in [0.15, 0.2) is 24.8 Å². The zero-order chi connectivity index (χ0) is 11.4. The van der Waals surface area contributed by atoms with E-state index in [0.29, 0.717) is 6.61 Å². The second-order valence-electron chi connectivity index (χ2n) is 3.44. The van der Waals surface area contributed by atoms with Crippen molar-refractivity contribution in [3.05, 3.63) is 30.4 Å². The normalized spacial score (nSPS) is 12.6. The molecule has 1 aliphatic heterocycles. The van der Waals surface area contributed by atoms with Crippen LogP contribution in [0.5, 0.6) is 17.2 Å². The van der Waals surface area contributed by atoms with E-state index in [0.717, 1.165) is 29.4 Å². The van der Waals surface area contributed by atoms with E-state index in [1.54, 1.807) is 6.08 Å². The van der Waals surface area contributed by atoms with Gasteiger partial charge in [-0.3, -0.25) is 0 Å². The summed E-state index contributed by atoms with van der Waals surface area (Å²) in [5.41, 5.74) is 1.05. The van der Waals surface area contributed by atoms with Crippen molar-refractivity contribution in [2.24, 2.45) is 0 Å². The van der Waals surface area contributed by atoms with Gasteiger partial charge in [-0.05, 0) is 13.1 Å². The number of ether oxygens (including phenoxy) is 3. The highest BCUT2D eigenvalue weighted by molar-refractivity contribution is 5.51. The summed E-state index contributed by atoms with van der Waals surface area (Å²) in [5, 5.41) is 3.09. The van der Waals surface area contributed by atoms with Gasteiger partial charge in [-0.1, -0.05) is 12.7 Å². The van der Waals surface area contributed by atoms with Crippen LogP contribution in [0.3, 0.4) is 0 Å². The van der Waals surface area contributed by atoms with E-state index in [9.17, 15) is 0 Å². The van der Waals surface area contributed by atoms with Crippen LogP contribution in [0.2, 0.25) is 0 Å². The lowest BCUT2D eigenvalue weighted by Gasteiger charge is -2.11. The van der Waals surface area contributed by atoms with Gasteiger partial charge in [0, 0.05) is 18.2 Å². The standard InChI is InChI=1S/C12H15NO3/c1-3-4-14-10-6-12-11(15-8-16-12)5-9(10)7-13-2/h3,5-6,13H,1,4,7-8H2,2H3. The summed E-state index contributed by atoms with van der Waals surface area (Å²) in [7, 11) is 1.89. The van der Waals surface area contributed by atoms with Crippen molar-refractivity contribution < 1.29 is 14.2 Å². The van der Waals surface area contributed by atoms with E-state index in [-0.39, 0.29) is 6.79 Å². The fraction of sp³-hybridized carbons (Fsp3) is 0.333. The average Bonchev–Trinajstić information content (AvgIpc) is 2.73. The quantitative estimate of drug-likeness (QED) is 0.768. The van der Waals surface area contributed by atoms with Gasteiger partial charge in [-0.2, -0.15) is 0 Å². The Morgan fingerprint density at radius 3 is 2.88 bits per heavy atom. The van der Waals surface area contributed by atoms with E-state index in [4.69, 9.17) is 14.2 Å². The van der Waals surface area contributed by atoms with E-state index in [1.807, 2.05) is 19.2 Å². The van der Waals surface area contributed by atoms with Gasteiger partial charge >= 0.3 is 0 Å². The van der Waals surface area contributed by atoms with Gasteiger partial charge in [0.05, 0.1) is 0 Å². The van der Waals surface area contributed by atoms with Crippen molar-refractivity contribution in [3.63, 3.8) is 0 Å². The molecule has 0 saturated carbocycles. The van der Waals surface area contributed by atoms with Crippen molar-refractivity contribution in [3.8, 4) is 17.2 Å². The second-order valence-corrected chi connectivity index (χ2v) is 3.44. The lowest BCUT2D eigenvalue weighted by molar-refractivity contribution is 0.174. The minimum Gasteiger partial charge on any atom is -0.489 e. The molecule has 86 valence electrons. The molecule has 0 fully saturated rings. The molecule has 4 nitrogen and oxygen atoms in total. The van der Waals surface area contributed by atoms with Gasteiger partial charge in [-0.25, -0.2) is 0 Å². The number of fused-ring (bicyclic) bond motifs is 1. The summed E-state index contributed by atoms with van der Waals surface area (Å²) in [6.07, 6.45) is 1.72. The minimum absolute atomic E-state index is 0.277. The Hall–Kier alpha value is -1.68. The van der Waals surface area contributed by atoms with Crippen molar-refractivity contribution in [1.82, 2.24) is 5.32 Å². The first-order valence-corrected chi connectivity index (χ1v) is 5.16. The van der Waals surface area contributed by atoms with Crippen LogP contribution in [0, 0.1) is 0 Å². The fourth-order valence-corrected chi connectivity index (χ4v) is 1.58. The molecule has 1 N–H and O–H groups in total. The molecule has 1 heterocycles. The van der Waals surface area contributed by atoms with Crippen LogP contribution in [0.25, 0.3) is 0 Å². The molecule has 0 radical (unpaired) electrons. The summed E-state index contributed by atoms with van der Waals surface area (Å²) in [6.45, 7) is 5.11. The van der Waals surface area contributed by atoms with Crippen LogP contribution < -0.4 is 19.5 Å². The van der Waals surface area contributed by atoms with Crippen LogP contribution in [-0.4, -0.2) is 20.4 Å². The molecule has 0 saturated heterocycles. The molecule has 0 spiro atoms. The first-order valence-electron chi connectivity index (χ1n) is 5.16. The lowest BCUT2D eigenvalue weighted by atomic mass is 10.1. The van der Waals surface area contributed by atoms with E-state index >= 15 is 0 Å². The SMILES string of the molecule is C=CCOc1cc2c(cc1CNC)OCO2. The van der Waals surface area contributed by atoms with Gasteiger partial charge in [0.2, 0.25) is 6.79 Å². The molecule has 0 atom stereocenters. The number of hydrogen-bond donors (Lipinski definition) is 1. The van der Waals surface area contributed by atoms with Gasteiger partial charge in [-0.15, -0.1) is 0 Å². The van der Waals surface area contributed by atoms with Crippen LogP contribution in [0.4, 0.5) is 0 Å². The molecule has 4 heteroatoms. The van der Waals surface area contributed by atoms with Gasteiger partial charge in [0.25, 0.3) is 0 Å². The molecular weight excluding hydrogens is 206 g/mol. The van der Waals surface area contributed by atoms with Crippen LogP contribution >= 0.6 is 0 Å². The second kappa shape index (κ2) is 4.90. The first-order chi connectivity index (χ1) is 7.85. The third-order valence-electron chi connectivity index (χ3n) is 2.28. The van der Waals surface area contributed by atoms with Gasteiger partial charge in [0.1, 0.15) is 12.4 Å². The minimum atomic E-state index is 0.277. The molecule has 0 amide bonds. The summed E-state index contributed by atoms with van der Waals surface area (Å²) >= 11 is 0. The molecule has 16 heavy (non-hydrogen) atoms. The predicted molar refractivity (Wildman–Crippen MR) is 61.0 cm³/mol. The van der Waals surface area contributed by atoms with Crippen molar-refractivity contribution >= 4 is 0 Å². The Bertz CT molecular complexity index is 390. The summed E-state index contributed by atoms with van der Waals surface area (Å²) in [4.78, 5) is 0. The van der Waals surface area contributed by atoms with Gasteiger partial charge < -0.3 is 19.5 Å². The fourth-order valence-electron chi connectivity index (χ4n) is 1.58. The highest BCUT2D eigenvalue weighted by Gasteiger charge is 2.17. The highest BCUT2D eigenvalue weighted by atomic mass is 16.7. The maximum atomic E-state index is 5.57. The summed E-state index contributed by atoms with van der Waals surface area (Å²) in [5.74, 6) is 2.31. The van der Waals surface area contributed by atoms with Crippen molar-refractivity contribution in [2.45, 2.75) is 6.54 Å². The topological polar surface area (TPSA) is 39.7 Å². The molecular formula is C12H15NO3. The Morgan fingerprint density at radius 1 is 1.44 bits per heavy atom. The first kappa shape index (κ1) is 10.8. The third-order valence-corrected chi connectivity index (χ3v) is 2.28. The Labute approximate surface area is 94.8 Å². The molecule has 0 bridgehead atoms. The molecule has 0 aliphatic carbocycles. The lowest BCUT2D eigenvalue weighted by Crippen LogP contribution is -2.07. The van der Waals surface area contributed by atoms with Crippen LogP contribution in [0.1, 0.15) is 5.56 Å². The van der Waals surface area contributed by atoms with Crippen LogP contribution in [-0.2, 0) is 6.54 Å². The Balaban J connectivity index is 2.28. The smallest absolute Gasteiger partial charge is 0.231 e. The molecule has 0 aromatic heterocycles. The maximum Gasteiger partial charge on any atom is 0.231 e. The summed E-state index contributed by atoms with van der Waals surface area (Å²) < 4.78 is 16.2. The molecule has 0 unspecified atom stereocenters. The molecule has 2 rings (SSSR count). The number of hydrogen-bond acceptors (Lipinski definition) is 4. The van der Waals surface area contributed by atoms with Crippen molar-refractivity contribution in [1.29, 1.82) is 0 Å². The highest BCUT2D eigenvalue weighted by Crippen LogP contribution is 2.38. The number of benzene rings is 1. The third kappa shape index (κ3) is 2.12. The van der Waals surface area contributed by atoms with Gasteiger partial charge in [0.15, 0.2) is 11.5 Å². The largest absolute Gasteiger partial charge is 0.489 e. The Kier molecular flexibility index (Phi) is 3.31. The van der Waals surface area contributed by atoms with E-state index in [2.05, 4.69) is 11.9 Å². The maximum absolute atomic E-state index is 5.57. The molecule has 1 aromatic carbocycles. The number of nitrogens with one attached hydrogen (secondary N) is 1. The predicted octanol–water partition coefficient (Wildman–Crippen LogP) is 1.70. The van der Waals surface area contributed by atoms with Crippen molar-refractivity contribution in [2.75, 3.05) is 20.4 Å². The molecule has 1 aliphatic rings. The molecule has 1 aromatic rings. The summed E-state index contributed by atoms with van der Waals surface area (Å²) in [6, 6.07) is 3.80. The monoisotopic (exact) mass is 221 g/mol. The average molecular weight is 221 g/mol. The number of rotatable bonds is 5. The van der Waals surface area contributed by atoms with E-state index < -0.39 is 0 Å². The Morgan fingerprint density at radius 2 is 2.19 bits per heavy atom. The zero-order valence-electron chi connectivity index (χ0n) is 9.29. The zero-order valence-corrected chi connectivity index (χ0v) is 9.29. The van der Waals surface area contributed by atoms with E-state index in [1.165, 1.54) is 0 Å².